The number of methoxy groups -OCH3 is 1. The van der Waals surface area contributed by atoms with E-state index in [1.165, 1.54) is 24.5 Å². The van der Waals surface area contributed by atoms with Gasteiger partial charge < -0.3 is 15.8 Å². The number of amides is 1. The molecule has 1 atom stereocenters. The lowest BCUT2D eigenvalue weighted by Gasteiger charge is -2.11. The highest BCUT2D eigenvalue weighted by atomic mass is 32.1. The molecule has 0 saturated heterocycles. The maximum atomic E-state index is 13.6. The van der Waals surface area contributed by atoms with E-state index in [2.05, 4.69) is 15.5 Å². The van der Waals surface area contributed by atoms with Crippen molar-refractivity contribution in [1.82, 2.24) is 10.2 Å². The summed E-state index contributed by atoms with van der Waals surface area (Å²) in [6.45, 7) is 0.262. The second-order valence-electron chi connectivity index (χ2n) is 4.61. The van der Waals surface area contributed by atoms with Crippen LogP contribution >= 0.6 is 11.3 Å². The van der Waals surface area contributed by atoms with Crippen molar-refractivity contribution in [3.05, 3.63) is 40.7 Å². The number of nitrogens with one attached hydrogen (secondary N) is 1. The van der Waals surface area contributed by atoms with Crippen molar-refractivity contribution in [3.8, 4) is 0 Å². The van der Waals surface area contributed by atoms with Gasteiger partial charge in [0.05, 0.1) is 12.5 Å². The van der Waals surface area contributed by atoms with Crippen LogP contribution in [0.25, 0.3) is 0 Å². The molecule has 1 aromatic carbocycles. The zero-order chi connectivity index (χ0) is 15.9. The first-order valence-corrected chi connectivity index (χ1v) is 7.52. The summed E-state index contributed by atoms with van der Waals surface area (Å²) in [5.74, 6) is -0.528. The molecule has 118 valence electrons. The highest BCUT2D eigenvalue weighted by Gasteiger charge is 2.14. The van der Waals surface area contributed by atoms with Gasteiger partial charge in [0.25, 0.3) is 0 Å². The number of hydrogen-bond acceptors (Lipinski definition) is 6. The third-order valence-corrected chi connectivity index (χ3v) is 3.86. The summed E-state index contributed by atoms with van der Waals surface area (Å²) in [6.07, 6.45) is 0.157. The van der Waals surface area contributed by atoms with E-state index in [1.54, 1.807) is 18.2 Å². The maximum Gasteiger partial charge on any atom is 0.228 e. The zero-order valence-corrected chi connectivity index (χ0v) is 12.9. The average molecular weight is 324 g/mol. The number of nitrogens with two attached hydrogens (primary N) is 1. The Hall–Kier alpha value is -1.90. The molecule has 0 aliphatic rings. The Labute approximate surface area is 131 Å². The molecule has 2 rings (SSSR count). The molecule has 22 heavy (non-hydrogen) atoms. The predicted molar refractivity (Wildman–Crippen MR) is 82.2 cm³/mol. The molecule has 6 nitrogen and oxygen atoms in total. The van der Waals surface area contributed by atoms with Gasteiger partial charge in [0, 0.05) is 20.1 Å². The van der Waals surface area contributed by atoms with Crippen LogP contribution in [0.2, 0.25) is 0 Å². The number of nitrogens with zero attached hydrogens (tertiary/aromatic N) is 2. The number of ether oxygens (including phenoxy) is 1. The largest absolute Gasteiger partial charge is 0.380 e. The van der Waals surface area contributed by atoms with Crippen LogP contribution in [0.4, 0.5) is 9.52 Å². The van der Waals surface area contributed by atoms with Gasteiger partial charge in [-0.25, -0.2) is 4.39 Å². The first-order valence-electron chi connectivity index (χ1n) is 6.71. The van der Waals surface area contributed by atoms with Gasteiger partial charge in [-0.15, -0.1) is 10.2 Å². The summed E-state index contributed by atoms with van der Waals surface area (Å²) < 4.78 is 18.6. The fourth-order valence-corrected chi connectivity index (χ4v) is 2.60. The molecule has 3 N–H and O–H groups in total. The Bertz CT molecular complexity index is 631. The molecular weight excluding hydrogens is 307 g/mol. The summed E-state index contributed by atoms with van der Waals surface area (Å²) in [6, 6.07) is 6.49. The van der Waals surface area contributed by atoms with Crippen LogP contribution in [0, 0.1) is 5.82 Å². The van der Waals surface area contributed by atoms with E-state index in [-0.39, 0.29) is 30.8 Å². The van der Waals surface area contributed by atoms with Crippen LogP contribution in [-0.2, 0) is 16.0 Å². The lowest BCUT2D eigenvalue weighted by molar-refractivity contribution is -0.118. The SMILES string of the molecule is COC(CN)CC(=O)Nc1nnc(Cc2ccccc2F)s1. The molecular formula is C14H17FN4O2S. The van der Waals surface area contributed by atoms with Crippen molar-refractivity contribution in [2.24, 2.45) is 5.73 Å². The lowest BCUT2D eigenvalue weighted by atomic mass is 10.1. The van der Waals surface area contributed by atoms with Gasteiger partial charge in [0.1, 0.15) is 10.8 Å². The van der Waals surface area contributed by atoms with E-state index in [0.29, 0.717) is 22.1 Å². The van der Waals surface area contributed by atoms with Gasteiger partial charge in [-0.1, -0.05) is 29.5 Å². The van der Waals surface area contributed by atoms with Gasteiger partial charge in [0.2, 0.25) is 11.0 Å². The second-order valence-corrected chi connectivity index (χ2v) is 5.68. The number of halogens is 1. The van der Waals surface area contributed by atoms with Crippen molar-refractivity contribution in [2.75, 3.05) is 19.0 Å². The van der Waals surface area contributed by atoms with E-state index >= 15 is 0 Å². The predicted octanol–water partition coefficient (Wildman–Crippen LogP) is 1.57. The number of carbonyl (C=O) groups excluding carboxylic acids is 1. The van der Waals surface area contributed by atoms with E-state index < -0.39 is 0 Å². The van der Waals surface area contributed by atoms with Crippen molar-refractivity contribution in [3.63, 3.8) is 0 Å². The first kappa shape index (κ1) is 16.5. The summed E-state index contributed by atoms with van der Waals surface area (Å²) in [4.78, 5) is 11.8. The number of aromatic nitrogens is 2. The molecule has 0 fully saturated rings. The Kier molecular flexibility index (Phi) is 5.93. The Morgan fingerprint density at radius 2 is 2.23 bits per heavy atom. The van der Waals surface area contributed by atoms with E-state index in [4.69, 9.17) is 10.5 Å². The zero-order valence-electron chi connectivity index (χ0n) is 12.1. The van der Waals surface area contributed by atoms with Gasteiger partial charge in [-0.3, -0.25) is 4.79 Å². The molecule has 1 unspecified atom stereocenters. The van der Waals surface area contributed by atoms with Crippen LogP contribution < -0.4 is 11.1 Å². The standard InChI is InChI=1S/C14H17FN4O2S/c1-21-10(8-16)7-12(20)17-14-19-18-13(22-14)6-9-4-2-3-5-11(9)15/h2-5,10H,6-8,16H2,1H3,(H,17,19,20). The highest BCUT2D eigenvalue weighted by Crippen LogP contribution is 2.20. The van der Waals surface area contributed by atoms with Crippen molar-refractivity contribution >= 4 is 22.4 Å². The number of anilines is 1. The van der Waals surface area contributed by atoms with E-state index in [1.807, 2.05) is 0 Å². The van der Waals surface area contributed by atoms with Gasteiger partial charge in [-0.2, -0.15) is 0 Å². The first-order chi connectivity index (χ1) is 10.6. The highest BCUT2D eigenvalue weighted by molar-refractivity contribution is 7.15. The minimum absolute atomic E-state index is 0.148. The molecule has 1 heterocycles. The summed E-state index contributed by atoms with van der Waals surface area (Å²) in [7, 11) is 1.50. The number of carbonyl (C=O) groups is 1. The molecule has 1 amide bonds. The summed E-state index contributed by atoms with van der Waals surface area (Å²) in [5, 5.41) is 11.5. The number of rotatable bonds is 7. The van der Waals surface area contributed by atoms with Gasteiger partial charge in [-0.05, 0) is 11.6 Å². The average Bonchev–Trinajstić information content (AvgIpc) is 2.94. The van der Waals surface area contributed by atoms with Gasteiger partial charge in [0.15, 0.2) is 0 Å². The fourth-order valence-electron chi connectivity index (χ4n) is 1.82. The third kappa shape index (κ3) is 4.55. The Morgan fingerprint density at radius 1 is 1.45 bits per heavy atom. The van der Waals surface area contributed by atoms with Crippen LogP contribution in [-0.4, -0.2) is 35.9 Å². The van der Waals surface area contributed by atoms with Gasteiger partial charge >= 0.3 is 0 Å². The van der Waals surface area contributed by atoms with Crippen LogP contribution in [0.5, 0.6) is 0 Å². The molecule has 0 radical (unpaired) electrons. The minimum Gasteiger partial charge on any atom is -0.380 e. The second kappa shape index (κ2) is 7.92. The molecule has 0 saturated carbocycles. The smallest absolute Gasteiger partial charge is 0.228 e. The molecule has 0 bridgehead atoms. The number of benzene rings is 1. The van der Waals surface area contributed by atoms with E-state index in [0.717, 1.165) is 0 Å². The monoisotopic (exact) mass is 324 g/mol. The van der Waals surface area contributed by atoms with Crippen LogP contribution in [0.3, 0.4) is 0 Å². The molecule has 0 aliphatic heterocycles. The van der Waals surface area contributed by atoms with Crippen molar-refractivity contribution in [2.45, 2.75) is 18.9 Å². The maximum absolute atomic E-state index is 13.6. The molecule has 0 aliphatic carbocycles. The molecule has 1 aromatic heterocycles. The molecule has 8 heteroatoms. The summed E-state index contributed by atoms with van der Waals surface area (Å²) in [5.41, 5.74) is 6.00. The normalized spacial score (nSPS) is 12.1. The fraction of sp³-hybridized carbons (Fsp3) is 0.357. The molecule has 0 spiro atoms. The Morgan fingerprint density at radius 3 is 2.91 bits per heavy atom. The van der Waals surface area contributed by atoms with Crippen LogP contribution in [0.1, 0.15) is 17.0 Å². The van der Waals surface area contributed by atoms with E-state index in [9.17, 15) is 9.18 Å². The minimum atomic E-state index is -0.328. The summed E-state index contributed by atoms with van der Waals surface area (Å²) >= 11 is 1.21. The van der Waals surface area contributed by atoms with Crippen molar-refractivity contribution in [1.29, 1.82) is 0 Å². The third-order valence-electron chi connectivity index (χ3n) is 3.02. The van der Waals surface area contributed by atoms with Crippen molar-refractivity contribution < 1.29 is 13.9 Å². The lowest BCUT2D eigenvalue weighted by Crippen LogP contribution is -2.28. The number of hydrogen-bond donors (Lipinski definition) is 2. The molecule has 2 aromatic rings. The topological polar surface area (TPSA) is 90.1 Å². The Balaban J connectivity index is 1.94. The quantitative estimate of drug-likeness (QED) is 0.807. The van der Waals surface area contributed by atoms with Crippen LogP contribution in [0.15, 0.2) is 24.3 Å².